The van der Waals surface area contributed by atoms with Crippen molar-refractivity contribution in [2.75, 3.05) is 4.90 Å². The Morgan fingerprint density at radius 1 is 0.304 bits per heavy atom. The summed E-state index contributed by atoms with van der Waals surface area (Å²) in [5, 5.41) is 2.41. The first-order chi connectivity index (χ1) is 27.8. The maximum Gasteiger partial charge on any atom is 0.0562 e. The molecule has 0 amide bonds. The van der Waals surface area contributed by atoms with Gasteiger partial charge in [0.05, 0.1) is 22.4 Å². The van der Waals surface area contributed by atoms with Gasteiger partial charge >= 0.3 is 0 Å². The Labute approximate surface area is 327 Å². The average Bonchev–Trinajstić information content (AvgIpc) is 3.63. The molecule has 10 rings (SSSR count). The van der Waals surface area contributed by atoms with Gasteiger partial charge in [-0.1, -0.05) is 176 Å². The summed E-state index contributed by atoms with van der Waals surface area (Å²) in [4.78, 5) is 2.42. The zero-order valence-electron chi connectivity index (χ0n) is 30.8. The van der Waals surface area contributed by atoms with Crippen LogP contribution in [0.15, 0.2) is 231 Å². The fourth-order valence-electron chi connectivity index (χ4n) is 8.13. The molecule has 0 fully saturated rings. The second-order valence-corrected chi connectivity index (χ2v) is 14.1. The third-order valence-electron chi connectivity index (χ3n) is 10.8. The van der Waals surface area contributed by atoms with Gasteiger partial charge in [0.2, 0.25) is 0 Å². The first-order valence-corrected chi connectivity index (χ1v) is 19.2. The van der Waals surface area contributed by atoms with Crippen molar-refractivity contribution < 1.29 is 0 Å². The molecule has 0 atom stereocenters. The van der Waals surface area contributed by atoms with Gasteiger partial charge in [0.25, 0.3) is 0 Å². The number of fused-ring (bicyclic) bond motifs is 3. The van der Waals surface area contributed by atoms with E-state index in [4.69, 9.17) is 0 Å². The number of anilines is 3. The third-order valence-corrected chi connectivity index (χ3v) is 10.8. The lowest BCUT2D eigenvalue weighted by atomic mass is 9.97. The number of hydrogen-bond donors (Lipinski definition) is 0. The monoisotopic (exact) mass is 714 g/mol. The van der Waals surface area contributed by atoms with E-state index in [0.29, 0.717) is 0 Å². The van der Waals surface area contributed by atoms with E-state index in [-0.39, 0.29) is 0 Å². The van der Waals surface area contributed by atoms with E-state index < -0.39 is 0 Å². The summed E-state index contributed by atoms with van der Waals surface area (Å²) in [7, 11) is 0. The van der Waals surface area contributed by atoms with Crippen LogP contribution in [0.3, 0.4) is 0 Å². The molecule has 0 N–H and O–H groups in total. The minimum Gasteiger partial charge on any atom is -0.310 e. The lowest BCUT2D eigenvalue weighted by Crippen LogP contribution is -2.10. The van der Waals surface area contributed by atoms with Crippen LogP contribution in [0.5, 0.6) is 0 Å². The molecule has 0 saturated carbocycles. The van der Waals surface area contributed by atoms with Gasteiger partial charge in [-0.25, -0.2) is 0 Å². The fourth-order valence-corrected chi connectivity index (χ4v) is 8.13. The van der Waals surface area contributed by atoms with Crippen LogP contribution in [0.4, 0.5) is 17.1 Å². The highest BCUT2D eigenvalue weighted by atomic mass is 15.1. The highest BCUT2D eigenvalue weighted by Crippen LogP contribution is 2.45. The Balaban J connectivity index is 1.20. The molecule has 0 aliphatic heterocycles. The van der Waals surface area contributed by atoms with Crippen molar-refractivity contribution in [3.63, 3.8) is 0 Å². The number of benzene rings is 9. The maximum atomic E-state index is 2.46. The molecule has 0 bridgehead atoms. The van der Waals surface area contributed by atoms with E-state index in [1.165, 1.54) is 60.8 Å². The molecule has 0 radical (unpaired) electrons. The number of para-hydroxylation sites is 1. The summed E-state index contributed by atoms with van der Waals surface area (Å²) in [5.74, 6) is 0. The summed E-state index contributed by atoms with van der Waals surface area (Å²) in [6.45, 7) is 0. The van der Waals surface area contributed by atoms with Gasteiger partial charge in [-0.05, 0) is 93.5 Å². The zero-order valence-corrected chi connectivity index (χ0v) is 30.8. The van der Waals surface area contributed by atoms with Crippen molar-refractivity contribution in [3.05, 3.63) is 231 Å². The van der Waals surface area contributed by atoms with E-state index >= 15 is 0 Å². The zero-order chi connectivity index (χ0) is 37.3. The van der Waals surface area contributed by atoms with Crippen molar-refractivity contribution in [1.29, 1.82) is 0 Å². The largest absolute Gasteiger partial charge is 0.310 e. The Morgan fingerprint density at radius 2 is 0.732 bits per heavy atom. The van der Waals surface area contributed by atoms with Gasteiger partial charge in [0.1, 0.15) is 0 Å². The van der Waals surface area contributed by atoms with Crippen molar-refractivity contribution in [3.8, 4) is 50.2 Å². The van der Waals surface area contributed by atoms with Crippen LogP contribution in [0.1, 0.15) is 0 Å². The van der Waals surface area contributed by atoms with Crippen molar-refractivity contribution >= 4 is 38.9 Å². The predicted octanol–water partition coefficient (Wildman–Crippen LogP) is 14.9. The van der Waals surface area contributed by atoms with Crippen LogP contribution in [-0.2, 0) is 0 Å². The minimum atomic E-state index is 1.10. The molecular formula is C54H38N2. The standard InChI is InChI=1S/C54H38N2/c1-5-16-39(17-6-1)42-28-33-46(34-29-42)55(47-35-30-43(31-36-47)40-18-7-2-8-19-40)52-26-15-27-53-54(52)48-24-13-14-25-50(48)56(53)51-37-32-45(41-20-9-3-10-21-41)38-49(51)44-22-11-4-12-23-44/h1-38H. The normalized spacial score (nSPS) is 11.2. The van der Waals surface area contributed by atoms with Gasteiger partial charge in [-0.2, -0.15) is 0 Å². The van der Waals surface area contributed by atoms with E-state index in [0.717, 1.165) is 28.3 Å². The van der Waals surface area contributed by atoms with Crippen molar-refractivity contribution in [1.82, 2.24) is 4.57 Å². The molecular weight excluding hydrogens is 677 g/mol. The summed E-state index contributed by atoms with van der Waals surface area (Å²) in [6, 6.07) is 83.1. The Bertz CT molecular complexity index is 2830. The molecule has 0 aliphatic rings. The summed E-state index contributed by atoms with van der Waals surface area (Å²) >= 11 is 0. The van der Waals surface area contributed by atoms with Gasteiger partial charge in [-0.3, -0.25) is 0 Å². The lowest BCUT2D eigenvalue weighted by molar-refractivity contribution is 1.18. The molecule has 9 aromatic carbocycles. The number of aromatic nitrogens is 1. The third kappa shape index (κ3) is 6.04. The smallest absolute Gasteiger partial charge is 0.0562 e. The Hall–Kier alpha value is -7.42. The van der Waals surface area contributed by atoms with Gasteiger partial charge in [0, 0.05) is 27.7 Å². The second-order valence-electron chi connectivity index (χ2n) is 14.1. The number of rotatable bonds is 8. The fraction of sp³-hybridized carbons (Fsp3) is 0. The van der Waals surface area contributed by atoms with Crippen LogP contribution < -0.4 is 4.90 Å². The molecule has 0 saturated heterocycles. The highest BCUT2D eigenvalue weighted by molar-refractivity contribution is 6.17. The highest BCUT2D eigenvalue weighted by Gasteiger charge is 2.22. The first-order valence-electron chi connectivity index (χ1n) is 19.2. The van der Waals surface area contributed by atoms with E-state index in [2.05, 4.69) is 240 Å². The topological polar surface area (TPSA) is 8.17 Å². The van der Waals surface area contributed by atoms with Gasteiger partial charge < -0.3 is 9.47 Å². The van der Waals surface area contributed by atoms with Crippen LogP contribution >= 0.6 is 0 Å². The second kappa shape index (κ2) is 14.4. The minimum absolute atomic E-state index is 1.10. The van der Waals surface area contributed by atoms with Crippen LogP contribution in [0, 0.1) is 0 Å². The molecule has 0 unspecified atom stereocenters. The number of nitrogens with zero attached hydrogens (tertiary/aromatic N) is 2. The van der Waals surface area contributed by atoms with E-state index in [1.807, 2.05) is 0 Å². The molecule has 56 heavy (non-hydrogen) atoms. The van der Waals surface area contributed by atoms with Gasteiger partial charge in [-0.15, -0.1) is 0 Å². The molecule has 10 aromatic rings. The van der Waals surface area contributed by atoms with Crippen molar-refractivity contribution in [2.45, 2.75) is 0 Å². The van der Waals surface area contributed by atoms with Crippen LogP contribution in [0.25, 0.3) is 72.0 Å². The molecule has 1 heterocycles. The average molecular weight is 715 g/mol. The van der Waals surface area contributed by atoms with Gasteiger partial charge in [0.15, 0.2) is 0 Å². The predicted molar refractivity (Wildman–Crippen MR) is 237 cm³/mol. The molecule has 0 aliphatic carbocycles. The maximum absolute atomic E-state index is 2.46. The van der Waals surface area contributed by atoms with Crippen molar-refractivity contribution in [2.24, 2.45) is 0 Å². The van der Waals surface area contributed by atoms with Crippen LogP contribution in [0.2, 0.25) is 0 Å². The molecule has 2 nitrogen and oxygen atoms in total. The molecule has 264 valence electrons. The molecule has 0 spiro atoms. The first kappa shape index (κ1) is 33.2. The number of hydrogen-bond acceptors (Lipinski definition) is 1. The Kier molecular flexibility index (Phi) is 8.55. The van der Waals surface area contributed by atoms with E-state index in [9.17, 15) is 0 Å². The summed E-state index contributed by atoms with van der Waals surface area (Å²) < 4.78 is 2.46. The van der Waals surface area contributed by atoms with Crippen LogP contribution in [-0.4, -0.2) is 4.57 Å². The molecule has 1 aromatic heterocycles. The molecule has 2 heteroatoms. The summed E-state index contributed by atoms with van der Waals surface area (Å²) in [6.07, 6.45) is 0. The lowest BCUT2D eigenvalue weighted by Gasteiger charge is -2.27. The van der Waals surface area contributed by atoms with E-state index in [1.54, 1.807) is 0 Å². The Morgan fingerprint density at radius 3 is 1.29 bits per heavy atom. The summed E-state index contributed by atoms with van der Waals surface area (Å²) in [5.41, 5.74) is 16.3. The SMILES string of the molecule is c1ccc(-c2ccc(N(c3ccc(-c4ccccc4)cc3)c3cccc4c3c3ccccc3n4-c3ccc(-c4ccccc4)cc3-c3ccccc3)cc2)cc1. The quantitative estimate of drug-likeness (QED) is 0.152.